The van der Waals surface area contributed by atoms with E-state index in [1.807, 2.05) is 20.8 Å². The topological polar surface area (TPSA) is 63.3 Å². The molecule has 124 valence electrons. The van der Waals surface area contributed by atoms with Crippen LogP contribution in [-0.4, -0.2) is 19.7 Å². The van der Waals surface area contributed by atoms with Gasteiger partial charge in [-0.05, 0) is 68.7 Å². The summed E-state index contributed by atoms with van der Waals surface area (Å²) in [5.41, 5.74) is -0.853. The van der Waals surface area contributed by atoms with Crippen LogP contribution in [0.4, 0.5) is 4.39 Å². The fourth-order valence-electron chi connectivity index (χ4n) is 3.27. The SMILES string of the molecule is CC(C)(C[C@](C)(CC1(O)CC1)c1cc(Br)ccc1F)S(N)=O. The van der Waals surface area contributed by atoms with Crippen molar-refractivity contribution in [2.24, 2.45) is 5.14 Å². The second-order valence-corrected chi connectivity index (χ2v) is 9.94. The quantitative estimate of drug-likeness (QED) is 0.778. The minimum atomic E-state index is -1.53. The van der Waals surface area contributed by atoms with Crippen LogP contribution in [0.15, 0.2) is 22.7 Å². The van der Waals surface area contributed by atoms with Gasteiger partial charge in [0.25, 0.3) is 0 Å². The van der Waals surface area contributed by atoms with Gasteiger partial charge in [0.2, 0.25) is 0 Å². The minimum Gasteiger partial charge on any atom is -0.390 e. The highest BCUT2D eigenvalue weighted by atomic mass is 79.9. The lowest BCUT2D eigenvalue weighted by molar-refractivity contribution is 0.104. The number of aliphatic hydroxyl groups is 1. The molecule has 6 heteroatoms. The van der Waals surface area contributed by atoms with Gasteiger partial charge < -0.3 is 5.11 Å². The summed E-state index contributed by atoms with van der Waals surface area (Å²) in [5, 5.41) is 16.0. The Balaban J connectivity index is 2.45. The third kappa shape index (κ3) is 3.96. The lowest BCUT2D eigenvalue weighted by Crippen LogP contribution is -2.42. The van der Waals surface area contributed by atoms with Crippen molar-refractivity contribution in [2.45, 2.75) is 62.2 Å². The Kier molecular flexibility index (Phi) is 4.89. The average Bonchev–Trinajstić information content (AvgIpc) is 3.08. The van der Waals surface area contributed by atoms with Gasteiger partial charge in [-0.15, -0.1) is 0 Å². The van der Waals surface area contributed by atoms with Crippen LogP contribution in [0.5, 0.6) is 0 Å². The van der Waals surface area contributed by atoms with Crippen LogP contribution in [0.25, 0.3) is 0 Å². The van der Waals surface area contributed by atoms with Gasteiger partial charge in [-0.3, -0.25) is 5.14 Å². The Labute approximate surface area is 142 Å². The van der Waals surface area contributed by atoms with Crippen LogP contribution in [0.1, 0.15) is 52.0 Å². The van der Waals surface area contributed by atoms with Crippen LogP contribution < -0.4 is 5.14 Å². The Morgan fingerprint density at radius 1 is 1.41 bits per heavy atom. The number of hydrogen-bond acceptors (Lipinski definition) is 2. The third-order valence-electron chi connectivity index (χ3n) is 4.49. The molecule has 1 aliphatic carbocycles. The molecule has 3 nitrogen and oxygen atoms in total. The first kappa shape index (κ1) is 18.0. The first-order valence-corrected chi connectivity index (χ1v) is 9.32. The van der Waals surface area contributed by atoms with E-state index in [9.17, 15) is 13.7 Å². The second kappa shape index (κ2) is 5.96. The molecule has 1 aliphatic rings. The number of rotatable bonds is 6. The fourth-order valence-corrected chi connectivity index (χ4v) is 4.09. The van der Waals surface area contributed by atoms with Gasteiger partial charge in [-0.2, -0.15) is 0 Å². The predicted molar refractivity (Wildman–Crippen MR) is 91.3 cm³/mol. The van der Waals surface area contributed by atoms with Crippen molar-refractivity contribution in [3.05, 3.63) is 34.1 Å². The molecule has 0 saturated heterocycles. The van der Waals surface area contributed by atoms with E-state index in [1.165, 1.54) is 6.07 Å². The van der Waals surface area contributed by atoms with E-state index in [-0.39, 0.29) is 5.82 Å². The molecule has 0 aromatic heterocycles. The van der Waals surface area contributed by atoms with Gasteiger partial charge >= 0.3 is 0 Å². The van der Waals surface area contributed by atoms with Crippen molar-refractivity contribution in [2.75, 3.05) is 0 Å². The fraction of sp³-hybridized carbons (Fsp3) is 0.625. The Hall–Kier alpha value is -0.300. The third-order valence-corrected chi connectivity index (χ3v) is 6.21. The minimum absolute atomic E-state index is 0.312. The molecule has 22 heavy (non-hydrogen) atoms. The summed E-state index contributed by atoms with van der Waals surface area (Å²) in [6, 6.07) is 4.81. The smallest absolute Gasteiger partial charge is 0.127 e. The van der Waals surface area contributed by atoms with Crippen LogP contribution >= 0.6 is 15.9 Å². The number of benzene rings is 1. The summed E-state index contributed by atoms with van der Waals surface area (Å²) in [7, 11) is -1.53. The number of hydrogen-bond donors (Lipinski definition) is 2. The Bertz CT molecular complexity index is 604. The summed E-state index contributed by atoms with van der Waals surface area (Å²) < 4.78 is 26.4. The molecule has 0 amide bonds. The highest BCUT2D eigenvalue weighted by Crippen LogP contribution is 2.49. The average molecular weight is 392 g/mol. The van der Waals surface area contributed by atoms with E-state index in [0.29, 0.717) is 18.4 Å². The highest BCUT2D eigenvalue weighted by Gasteiger charge is 2.49. The number of halogens is 2. The van der Waals surface area contributed by atoms with Crippen molar-refractivity contribution in [3.63, 3.8) is 0 Å². The second-order valence-electron chi connectivity index (χ2n) is 7.32. The van der Waals surface area contributed by atoms with E-state index >= 15 is 0 Å². The Morgan fingerprint density at radius 2 is 2.00 bits per heavy atom. The summed E-state index contributed by atoms with van der Waals surface area (Å²) >= 11 is 3.38. The van der Waals surface area contributed by atoms with Gasteiger partial charge in [0.05, 0.1) is 21.3 Å². The van der Waals surface area contributed by atoms with Crippen molar-refractivity contribution >= 4 is 26.9 Å². The molecule has 1 unspecified atom stereocenters. The molecule has 0 radical (unpaired) electrons. The zero-order valence-corrected chi connectivity index (χ0v) is 15.6. The maximum atomic E-state index is 14.4. The molecule has 2 atom stereocenters. The summed E-state index contributed by atoms with van der Waals surface area (Å²) in [6.07, 6.45) is 2.32. The van der Waals surface area contributed by atoms with E-state index in [1.54, 1.807) is 12.1 Å². The van der Waals surface area contributed by atoms with Crippen LogP contribution in [0, 0.1) is 5.82 Å². The Morgan fingerprint density at radius 3 is 2.50 bits per heavy atom. The monoisotopic (exact) mass is 391 g/mol. The van der Waals surface area contributed by atoms with Crippen LogP contribution in [-0.2, 0) is 16.4 Å². The van der Waals surface area contributed by atoms with Crippen LogP contribution in [0.3, 0.4) is 0 Å². The molecular formula is C16H23BrFNO2S. The van der Waals surface area contributed by atoms with Gasteiger partial charge in [0, 0.05) is 4.47 Å². The lowest BCUT2D eigenvalue weighted by atomic mass is 9.71. The molecule has 3 N–H and O–H groups in total. The summed E-state index contributed by atoms with van der Waals surface area (Å²) in [4.78, 5) is 0. The maximum absolute atomic E-state index is 14.4. The van der Waals surface area contributed by atoms with Crippen molar-refractivity contribution < 1.29 is 13.7 Å². The van der Waals surface area contributed by atoms with Gasteiger partial charge in [0.1, 0.15) is 5.82 Å². The normalized spacial score (nSPS) is 21.2. The zero-order valence-electron chi connectivity index (χ0n) is 13.2. The van der Waals surface area contributed by atoms with Gasteiger partial charge in [0.15, 0.2) is 0 Å². The van der Waals surface area contributed by atoms with Gasteiger partial charge in [-0.1, -0.05) is 22.9 Å². The molecule has 1 saturated carbocycles. The molecule has 1 aromatic carbocycles. The highest BCUT2D eigenvalue weighted by molar-refractivity contribution is 9.10. The molecule has 1 aromatic rings. The van der Waals surface area contributed by atoms with E-state index in [4.69, 9.17) is 5.14 Å². The molecule has 0 bridgehead atoms. The van der Waals surface area contributed by atoms with E-state index < -0.39 is 26.7 Å². The molecule has 0 aliphatic heterocycles. The van der Waals surface area contributed by atoms with Gasteiger partial charge in [-0.25, -0.2) is 8.60 Å². The maximum Gasteiger partial charge on any atom is 0.127 e. The van der Waals surface area contributed by atoms with Crippen molar-refractivity contribution in [3.8, 4) is 0 Å². The predicted octanol–water partition coefficient (Wildman–Crippen LogP) is 3.55. The lowest BCUT2D eigenvalue weighted by Gasteiger charge is -2.38. The molecule has 0 spiro atoms. The number of nitrogens with two attached hydrogens (primary N) is 1. The van der Waals surface area contributed by atoms with Crippen LogP contribution in [0.2, 0.25) is 0 Å². The van der Waals surface area contributed by atoms with Crippen molar-refractivity contribution in [1.82, 2.24) is 0 Å². The van der Waals surface area contributed by atoms with E-state index in [0.717, 1.165) is 17.3 Å². The molecule has 2 rings (SSSR count). The first-order chi connectivity index (χ1) is 9.97. The molecule has 1 fully saturated rings. The standard InChI is InChI=1S/C16H23BrFNO2S/c1-14(2,22(19)21)9-15(3,10-16(20)6-7-16)12-8-11(17)4-5-13(12)18/h4-5,8,20H,6-7,9-10,19H2,1-3H3/t15-,22?/m1/s1. The zero-order chi connectivity index (χ0) is 16.8. The summed E-state index contributed by atoms with van der Waals surface area (Å²) in [5.74, 6) is -0.312. The van der Waals surface area contributed by atoms with Crippen molar-refractivity contribution in [1.29, 1.82) is 0 Å². The van der Waals surface area contributed by atoms with E-state index in [2.05, 4.69) is 15.9 Å². The molecular weight excluding hydrogens is 369 g/mol. The largest absolute Gasteiger partial charge is 0.390 e. The first-order valence-electron chi connectivity index (χ1n) is 7.32. The molecule has 0 heterocycles. The summed E-state index contributed by atoms with van der Waals surface area (Å²) in [6.45, 7) is 5.55.